The number of ether oxygens (including phenoxy) is 1. The fraction of sp³-hybridized carbons (Fsp3) is 0.533. The summed E-state index contributed by atoms with van der Waals surface area (Å²) in [6, 6.07) is 10.6. The van der Waals surface area contributed by atoms with Crippen LogP contribution in [0.2, 0.25) is 0 Å². The van der Waals surface area contributed by atoms with E-state index in [1.54, 1.807) is 0 Å². The lowest BCUT2D eigenvalue weighted by atomic mass is 10.2. The van der Waals surface area contributed by atoms with Gasteiger partial charge < -0.3 is 15.8 Å². The maximum Gasteiger partial charge on any atom is 0.193 e. The molecule has 1 aromatic carbocycles. The first-order valence-corrected chi connectivity index (χ1v) is 7.29. The second kappa shape index (κ2) is 7.95. The van der Waals surface area contributed by atoms with E-state index in [1.165, 1.54) is 12.8 Å². The van der Waals surface area contributed by atoms with E-state index >= 15 is 0 Å². The van der Waals surface area contributed by atoms with E-state index in [-0.39, 0.29) is 30.1 Å². The first kappa shape index (κ1) is 16.5. The van der Waals surface area contributed by atoms with Gasteiger partial charge in [0.05, 0.1) is 19.3 Å². The number of halogens is 1. The number of nitrogens with one attached hydrogen (secondary N) is 1. The minimum absolute atomic E-state index is 0. The number of para-hydroxylation sites is 1. The van der Waals surface area contributed by atoms with E-state index in [1.807, 2.05) is 30.3 Å². The number of hydrogen-bond donors (Lipinski definition) is 2. The van der Waals surface area contributed by atoms with Gasteiger partial charge in [-0.15, -0.1) is 24.0 Å². The molecule has 3 rings (SSSR count). The van der Waals surface area contributed by atoms with Gasteiger partial charge in [0.1, 0.15) is 0 Å². The number of aliphatic imine (C=N–C) groups is 1. The Morgan fingerprint density at radius 1 is 1.33 bits per heavy atom. The van der Waals surface area contributed by atoms with E-state index in [2.05, 4.69) is 15.2 Å². The zero-order valence-electron chi connectivity index (χ0n) is 12.1. The van der Waals surface area contributed by atoms with Gasteiger partial charge in [0.2, 0.25) is 0 Å². The predicted octanol–water partition coefficient (Wildman–Crippen LogP) is 1.89. The number of morpholine rings is 1. The van der Waals surface area contributed by atoms with Gasteiger partial charge in [-0.25, -0.2) is 0 Å². The quantitative estimate of drug-likeness (QED) is 0.459. The minimum Gasteiger partial charge on any atom is -0.374 e. The van der Waals surface area contributed by atoms with Crippen LogP contribution in [0.25, 0.3) is 0 Å². The van der Waals surface area contributed by atoms with Crippen molar-refractivity contribution in [3.05, 3.63) is 30.3 Å². The third kappa shape index (κ3) is 5.12. The van der Waals surface area contributed by atoms with Crippen LogP contribution < -0.4 is 11.1 Å². The van der Waals surface area contributed by atoms with E-state index in [0.717, 1.165) is 31.4 Å². The van der Waals surface area contributed by atoms with Crippen LogP contribution in [-0.2, 0) is 4.74 Å². The highest BCUT2D eigenvalue weighted by Gasteiger charge is 2.32. The number of hydrogen-bond acceptors (Lipinski definition) is 3. The molecule has 6 heteroatoms. The van der Waals surface area contributed by atoms with Crippen molar-refractivity contribution in [1.82, 2.24) is 4.90 Å². The van der Waals surface area contributed by atoms with E-state index < -0.39 is 0 Å². The smallest absolute Gasteiger partial charge is 0.193 e. The van der Waals surface area contributed by atoms with Crippen LogP contribution in [0.4, 0.5) is 5.69 Å². The van der Waals surface area contributed by atoms with Gasteiger partial charge in [-0.1, -0.05) is 18.2 Å². The van der Waals surface area contributed by atoms with Crippen LogP contribution in [0, 0.1) is 0 Å². The second-order valence-corrected chi connectivity index (χ2v) is 5.44. The topological polar surface area (TPSA) is 62.9 Å². The molecule has 3 N–H and O–H groups in total. The predicted molar refractivity (Wildman–Crippen MR) is 96.3 cm³/mol. The SMILES string of the molecule is I.NC(=NCC1CN(C2CC2)CCO1)Nc1ccccc1. The van der Waals surface area contributed by atoms with E-state index in [9.17, 15) is 0 Å². The van der Waals surface area contributed by atoms with E-state index in [0.29, 0.717) is 12.5 Å². The van der Waals surface area contributed by atoms with Gasteiger partial charge in [0.15, 0.2) is 5.96 Å². The molecular weight excluding hydrogens is 379 g/mol. The van der Waals surface area contributed by atoms with Crippen molar-refractivity contribution >= 4 is 35.6 Å². The van der Waals surface area contributed by atoms with Crippen molar-refractivity contribution < 1.29 is 4.74 Å². The minimum atomic E-state index is 0. The molecule has 1 aliphatic carbocycles. The zero-order chi connectivity index (χ0) is 13.8. The molecule has 1 aliphatic heterocycles. The summed E-state index contributed by atoms with van der Waals surface area (Å²) in [5.74, 6) is 0.448. The Morgan fingerprint density at radius 2 is 2.10 bits per heavy atom. The summed E-state index contributed by atoms with van der Waals surface area (Å²) in [5.41, 5.74) is 6.86. The van der Waals surface area contributed by atoms with E-state index in [4.69, 9.17) is 10.5 Å². The molecule has 1 heterocycles. The van der Waals surface area contributed by atoms with Crippen LogP contribution in [0.1, 0.15) is 12.8 Å². The van der Waals surface area contributed by atoms with Crippen LogP contribution in [0.15, 0.2) is 35.3 Å². The summed E-state index contributed by atoms with van der Waals surface area (Å²) in [7, 11) is 0. The van der Waals surface area contributed by atoms with Crippen molar-refractivity contribution in [2.45, 2.75) is 25.0 Å². The number of nitrogens with two attached hydrogens (primary N) is 1. The van der Waals surface area contributed by atoms with Crippen LogP contribution in [0.3, 0.4) is 0 Å². The lowest BCUT2D eigenvalue weighted by Crippen LogP contribution is -2.45. The van der Waals surface area contributed by atoms with Crippen molar-refractivity contribution in [2.75, 3.05) is 31.6 Å². The normalized spacial score (nSPS) is 23.4. The third-order valence-electron chi connectivity index (χ3n) is 3.74. The maximum absolute atomic E-state index is 5.90. The molecule has 0 aromatic heterocycles. The average molecular weight is 402 g/mol. The van der Waals surface area contributed by atoms with Gasteiger partial charge in [-0.05, 0) is 25.0 Å². The molecule has 116 valence electrons. The fourth-order valence-electron chi connectivity index (χ4n) is 2.53. The molecule has 0 spiro atoms. The summed E-state index contributed by atoms with van der Waals surface area (Å²) in [4.78, 5) is 6.91. The molecule has 2 aliphatic rings. The number of guanidine groups is 1. The number of anilines is 1. The average Bonchev–Trinajstić information content (AvgIpc) is 3.31. The standard InChI is InChI=1S/C15H22N4O.HI/c16-15(18-12-4-2-1-3-5-12)17-10-14-11-19(8-9-20-14)13-6-7-13;/h1-5,13-14H,6-11H2,(H3,16,17,18);1H. The Balaban J connectivity index is 0.00000161. The molecule has 1 unspecified atom stereocenters. The molecule has 1 saturated heterocycles. The number of rotatable bonds is 4. The van der Waals surface area contributed by atoms with Gasteiger partial charge >= 0.3 is 0 Å². The van der Waals surface area contributed by atoms with Crippen LogP contribution in [0.5, 0.6) is 0 Å². The molecule has 5 nitrogen and oxygen atoms in total. The summed E-state index contributed by atoms with van der Waals surface area (Å²) < 4.78 is 5.75. The van der Waals surface area contributed by atoms with Crippen molar-refractivity contribution in [2.24, 2.45) is 10.7 Å². The molecule has 0 radical (unpaired) electrons. The van der Waals surface area contributed by atoms with Crippen LogP contribution >= 0.6 is 24.0 Å². The van der Waals surface area contributed by atoms with Gasteiger partial charge in [0.25, 0.3) is 0 Å². The van der Waals surface area contributed by atoms with Gasteiger partial charge in [0, 0.05) is 24.8 Å². The van der Waals surface area contributed by atoms with Crippen molar-refractivity contribution in [3.63, 3.8) is 0 Å². The maximum atomic E-state index is 5.90. The number of nitrogens with zero attached hydrogens (tertiary/aromatic N) is 2. The molecule has 2 fully saturated rings. The Hall–Kier alpha value is -0.860. The molecule has 0 bridgehead atoms. The summed E-state index contributed by atoms with van der Waals surface area (Å²) in [6.45, 7) is 3.47. The largest absolute Gasteiger partial charge is 0.374 e. The van der Waals surface area contributed by atoms with Crippen molar-refractivity contribution in [1.29, 1.82) is 0 Å². The lowest BCUT2D eigenvalue weighted by Gasteiger charge is -2.32. The van der Waals surface area contributed by atoms with Gasteiger partial charge in [-0.2, -0.15) is 0 Å². The van der Waals surface area contributed by atoms with Crippen LogP contribution in [-0.4, -0.2) is 49.2 Å². The highest BCUT2D eigenvalue weighted by molar-refractivity contribution is 14.0. The molecule has 1 saturated carbocycles. The monoisotopic (exact) mass is 402 g/mol. The Bertz CT molecular complexity index is 464. The third-order valence-corrected chi connectivity index (χ3v) is 3.74. The number of benzene rings is 1. The first-order valence-electron chi connectivity index (χ1n) is 7.29. The Morgan fingerprint density at radius 3 is 2.81 bits per heavy atom. The second-order valence-electron chi connectivity index (χ2n) is 5.44. The highest BCUT2D eigenvalue weighted by atomic mass is 127. The molecule has 1 aromatic rings. The summed E-state index contributed by atoms with van der Waals surface area (Å²) in [5, 5.41) is 3.09. The molecule has 1 atom stereocenters. The Labute approximate surface area is 143 Å². The highest BCUT2D eigenvalue weighted by Crippen LogP contribution is 2.28. The zero-order valence-corrected chi connectivity index (χ0v) is 14.4. The molecular formula is C15H23IN4O. The van der Waals surface area contributed by atoms with Gasteiger partial charge in [-0.3, -0.25) is 9.89 Å². The summed E-state index contributed by atoms with van der Waals surface area (Å²) in [6.07, 6.45) is 2.85. The summed E-state index contributed by atoms with van der Waals surface area (Å²) >= 11 is 0. The lowest BCUT2D eigenvalue weighted by molar-refractivity contribution is -0.0258. The first-order chi connectivity index (χ1) is 9.81. The molecule has 0 amide bonds. The Kier molecular flexibility index (Phi) is 6.25. The van der Waals surface area contributed by atoms with Crippen molar-refractivity contribution in [3.8, 4) is 0 Å². The molecule has 21 heavy (non-hydrogen) atoms. The fourth-order valence-corrected chi connectivity index (χ4v) is 2.53.